The van der Waals surface area contributed by atoms with Crippen molar-refractivity contribution in [2.24, 2.45) is 7.05 Å². The molecule has 0 bridgehead atoms. The Hall–Kier alpha value is -1.79. The SMILES string of the molecule is CCN(Cc1cnn(C)c1)CC(O)c1cc(F)ccc1F. The third-order valence-corrected chi connectivity index (χ3v) is 3.36. The number of halogens is 2. The van der Waals surface area contributed by atoms with E-state index in [9.17, 15) is 13.9 Å². The van der Waals surface area contributed by atoms with Gasteiger partial charge in [-0.3, -0.25) is 9.58 Å². The Morgan fingerprint density at radius 1 is 1.38 bits per heavy atom. The Morgan fingerprint density at radius 2 is 2.14 bits per heavy atom. The van der Waals surface area contributed by atoms with E-state index in [1.807, 2.05) is 25.1 Å². The van der Waals surface area contributed by atoms with Gasteiger partial charge in [0.1, 0.15) is 11.6 Å². The third-order valence-electron chi connectivity index (χ3n) is 3.36. The van der Waals surface area contributed by atoms with Crippen LogP contribution in [0.2, 0.25) is 0 Å². The number of nitrogens with zero attached hydrogens (tertiary/aromatic N) is 3. The lowest BCUT2D eigenvalue weighted by Gasteiger charge is -2.23. The smallest absolute Gasteiger partial charge is 0.129 e. The molecule has 1 N–H and O–H groups in total. The molecule has 1 unspecified atom stereocenters. The summed E-state index contributed by atoms with van der Waals surface area (Å²) in [6, 6.07) is 3.11. The first-order valence-corrected chi connectivity index (χ1v) is 6.82. The molecule has 114 valence electrons. The maximum absolute atomic E-state index is 13.6. The van der Waals surface area contributed by atoms with E-state index >= 15 is 0 Å². The minimum Gasteiger partial charge on any atom is -0.387 e. The molecule has 21 heavy (non-hydrogen) atoms. The van der Waals surface area contributed by atoms with Gasteiger partial charge in [-0.1, -0.05) is 6.92 Å². The molecule has 4 nitrogen and oxygen atoms in total. The number of aliphatic hydroxyl groups excluding tert-OH is 1. The fraction of sp³-hybridized carbons (Fsp3) is 0.400. The van der Waals surface area contributed by atoms with Crippen LogP contribution in [-0.4, -0.2) is 32.9 Å². The monoisotopic (exact) mass is 295 g/mol. The topological polar surface area (TPSA) is 41.3 Å². The largest absolute Gasteiger partial charge is 0.387 e. The van der Waals surface area contributed by atoms with Gasteiger partial charge in [-0.25, -0.2) is 8.78 Å². The van der Waals surface area contributed by atoms with Crippen LogP contribution >= 0.6 is 0 Å². The van der Waals surface area contributed by atoms with Gasteiger partial charge >= 0.3 is 0 Å². The van der Waals surface area contributed by atoms with Gasteiger partial charge in [-0.05, 0) is 24.7 Å². The van der Waals surface area contributed by atoms with Crippen LogP contribution in [0, 0.1) is 11.6 Å². The number of aliphatic hydroxyl groups is 1. The molecule has 0 fully saturated rings. The molecule has 0 aliphatic carbocycles. The van der Waals surface area contributed by atoms with Crippen LogP contribution in [0.5, 0.6) is 0 Å². The Morgan fingerprint density at radius 3 is 2.76 bits per heavy atom. The van der Waals surface area contributed by atoms with Crippen LogP contribution in [0.15, 0.2) is 30.6 Å². The molecule has 0 aliphatic heterocycles. The highest BCUT2D eigenvalue weighted by atomic mass is 19.1. The fourth-order valence-electron chi connectivity index (χ4n) is 2.23. The summed E-state index contributed by atoms with van der Waals surface area (Å²) in [5, 5.41) is 14.2. The third kappa shape index (κ3) is 4.09. The molecule has 2 aromatic rings. The zero-order valence-corrected chi connectivity index (χ0v) is 12.1. The molecule has 0 amide bonds. The van der Waals surface area contributed by atoms with Crippen molar-refractivity contribution in [2.75, 3.05) is 13.1 Å². The predicted octanol–water partition coefficient (Wildman–Crippen LogP) is 2.25. The van der Waals surface area contributed by atoms with Crippen molar-refractivity contribution >= 4 is 0 Å². The van der Waals surface area contributed by atoms with Gasteiger partial charge in [0, 0.05) is 37.5 Å². The Kier molecular flexibility index (Phi) is 5.03. The van der Waals surface area contributed by atoms with Crippen molar-refractivity contribution in [3.63, 3.8) is 0 Å². The standard InChI is InChI=1S/C15H19F2N3O/c1-3-20(9-11-7-18-19(2)8-11)10-15(21)13-6-12(16)4-5-14(13)17/h4-8,15,21H,3,9-10H2,1-2H3. The zero-order valence-electron chi connectivity index (χ0n) is 12.1. The first-order valence-electron chi connectivity index (χ1n) is 6.82. The Labute approximate surface area is 122 Å². The molecule has 0 radical (unpaired) electrons. The minimum absolute atomic E-state index is 0.0142. The van der Waals surface area contributed by atoms with Crippen LogP contribution in [0.4, 0.5) is 8.78 Å². The van der Waals surface area contributed by atoms with Crippen molar-refractivity contribution in [1.82, 2.24) is 14.7 Å². The summed E-state index contributed by atoms with van der Waals surface area (Å²) >= 11 is 0. The van der Waals surface area contributed by atoms with E-state index in [0.29, 0.717) is 13.1 Å². The van der Waals surface area contributed by atoms with Crippen molar-refractivity contribution in [2.45, 2.75) is 19.6 Å². The first-order chi connectivity index (χ1) is 9.99. The molecule has 2 rings (SSSR count). The van der Waals surface area contributed by atoms with Crippen molar-refractivity contribution in [1.29, 1.82) is 0 Å². The van der Waals surface area contributed by atoms with Gasteiger partial charge in [-0.15, -0.1) is 0 Å². The molecule has 0 saturated heterocycles. The van der Waals surface area contributed by atoms with Crippen molar-refractivity contribution < 1.29 is 13.9 Å². The Balaban J connectivity index is 2.05. The number of benzene rings is 1. The highest BCUT2D eigenvalue weighted by Gasteiger charge is 2.17. The maximum atomic E-state index is 13.6. The van der Waals surface area contributed by atoms with Crippen LogP contribution in [0.1, 0.15) is 24.2 Å². The fourth-order valence-corrected chi connectivity index (χ4v) is 2.23. The molecule has 1 atom stereocenters. The summed E-state index contributed by atoms with van der Waals surface area (Å²) < 4.78 is 28.5. The number of hydrogen-bond donors (Lipinski definition) is 1. The first kappa shape index (κ1) is 15.6. The summed E-state index contributed by atoms with van der Waals surface area (Å²) in [6.07, 6.45) is 2.56. The van der Waals surface area contributed by atoms with E-state index in [-0.39, 0.29) is 12.1 Å². The molecule has 1 aromatic heterocycles. The second kappa shape index (κ2) is 6.78. The van der Waals surface area contributed by atoms with Gasteiger partial charge in [0.25, 0.3) is 0 Å². The summed E-state index contributed by atoms with van der Waals surface area (Å²) in [5.74, 6) is -1.15. The van der Waals surface area contributed by atoms with Crippen LogP contribution in [-0.2, 0) is 13.6 Å². The van der Waals surface area contributed by atoms with Gasteiger partial charge in [0.2, 0.25) is 0 Å². The number of hydrogen-bond acceptors (Lipinski definition) is 3. The number of aryl methyl sites for hydroxylation is 1. The second-order valence-corrected chi connectivity index (χ2v) is 5.03. The van der Waals surface area contributed by atoms with E-state index in [1.54, 1.807) is 10.9 Å². The summed E-state index contributed by atoms with van der Waals surface area (Å²) in [7, 11) is 1.83. The summed E-state index contributed by atoms with van der Waals surface area (Å²) in [5.41, 5.74) is 0.992. The van der Waals surface area contributed by atoms with Crippen LogP contribution < -0.4 is 0 Å². The normalized spacial score (nSPS) is 12.9. The van der Waals surface area contributed by atoms with Gasteiger partial charge in [0.15, 0.2) is 0 Å². The van der Waals surface area contributed by atoms with E-state index in [1.165, 1.54) is 0 Å². The highest BCUT2D eigenvalue weighted by Crippen LogP contribution is 2.20. The van der Waals surface area contributed by atoms with E-state index in [2.05, 4.69) is 5.10 Å². The molecule has 0 saturated carbocycles. The highest BCUT2D eigenvalue weighted by molar-refractivity contribution is 5.21. The summed E-state index contributed by atoms with van der Waals surface area (Å²) in [4.78, 5) is 1.95. The van der Waals surface area contributed by atoms with E-state index in [0.717, 1.165) is 23.8 Å². The molecule has 0 spiro atoms. The zero-order chi connectivity index (χ0) is 15.4. The number of likely N-dealkylation sites (N-methyl/N-ethyl adjacent to an activating group) is 1. The van der Waals surface area contributed by atoms with Crippen molar-refractivity contribution in [3.05, 3.63) is 53.4 Å². The van der Waals surface area contributed by atoms with Crippen LogP contribution in [0.25, 0.3) is 0 Å². The lowest BCUT2D eigenvalue weighted by molar-refractivity contribution is 0.109. The van der Waals surface area contributed by atoms with E-state index < -0.39 is 17.7 Å². The van der Waals surface area contributed by atoms with Gasteiger partial charge in [0.05, 0.1) is 12.3 Å². The van der Waals surface area contributed by atoms with Crippen molar-refractivity contribution in [3.8, 4) is 0 Å². The van der Waals surface area contributed by atoms with Crippen LogP contribution in [0.3, 0.4) is 0 Å². The quantitative estimate of drug-likeness (QED) is 0.888. The maximum Gasteiger partial charge on any atom is 0.129 e. The Bertz CT molecular complexity index is 600. The predicted molar refractivity (Wildman–Crippen MR) is 75.5 cm³/mol. The number of rotatable bonds is 6. The average Bonchev–Trinajstić information content (AvgIpc) is 2.86. The number of aromatic nitrogens is 2. The second-order valence-electron chi connectivity index (χ2n) is 5.03. The molecule has 1 aromatic carbocycles. The summed E-state index contributed by atoms with van der Waals surface area (Å²) in [6.45, 7) is 3.46. The lowest BCUT2D eigenvalue weighted by atomic mass is 10.1. The van der Waals surface area contributed by atoms with E-state index in [4.69, 9.17) is 0 Å². The molecular weight excluding hydrogens is 276 g/mol. The molecule has 0 aliphatic rings. The molecular formula is C15H19F2N3O. The minimum atomic E-state index is -1.07. The molecule has 1 heterocycles. The average molecular weight is 295 g/mol. The van der Waals surface area contributed by atoms with Gasteiger partial charge in [-0.2, -0.15) is 5.10 Å². The van der Waals surface area contributed by atoms with Gasteiger partial charge < -0.3 is 5.11 Å². The lowest BCUT2D eigenvalue weighted by Crippen LogP contribution is -2.28. The molecule has 6 heteroatoms.